The highest BCUT2D eigenvalue weighted by Crippen LogP contribution is 2.30. The van der Waals surface area contributed by atoms with Crippen molar-refractivity contribution in [2.75, 3.05) is 27.3 Å². The first-order valence-corrected chi connectivity index (χ1v) is 7.05. The summed E-state index contributed by atoms with van der Waals surface area (Å²) >= 11 is 0. The fourth-order valence-electron chi connectivity index (χ4n) is 2.83. The molecule has 1 rings (SSSR count). The Morgan fingerprint density at radius 3 is 2.83 bits per heavy atom. The molecule has 0 heterocycles. The molecule has 0 aromatic heterocycles. The molecule has 0 saturated heterocycles. The molecule has 106 valence electrons. The van der Waals surface area contributed by atoms with Gasteiger partial charge in [0.15, 0.2) is 0 Å². The Balaban J connectivity index is 2.39. The van der Waals surface area contributed by atoms with Crippen LogP contribution in [-0.2, 0) is 9.53 Å². The minimum atomic E-state index is 0.101. The van der Waals surface area contributed by atoms with Crippen LogP contribution < -0.4 is 5.73 Å². The van der Waals surface area contributed by atoms with Crippen molar-refractivity contribution in [1.82, 2.24) is 4.90 Å². The van der Waals surface area contributed by atoms with Gasteiger partial charge in [0.25, 0.3) is 0 Å². The van der Waals surface area contributed by atoms with E-state index in [1.165, 1.54) is 0 Å². The van der Waals surface area contributed by atoms with Gasteiger partial charge < -0.3 is 15.4 Å². The standard InChI is InChI=1S/C14H28N2O2/c1-11(12-6-4-7-13(15)10-12)14(17)16(2)8-5-9-18-3/h11-13H,4-10,15H2,1-3H3. The van der Waals surface area contributed by atoms with Gasteiger partial charge in [0.1, 0.15) is 0 Å². The third-order valence-corrected chi connectivity index (χ3v) is 4.07. The van der Waals surface area contributed by atoms with Crippen LogP contribution >= 0.6 is 0 Å². The SMILES string of the molecule is COCCCN(C)C(=O)C(C)C1CCCC(N)C1. The van der Waals surface area contributed by atoms with Crippen LogP contribution in [0.25, 0.3) is 0 Å². The Hall–Kier alpha value is -0.610. The Bertz CT molecular complexity index is 258. The number of methoxy groups -OCH3 is 1. The van der Waals surface area contributed by atoms with Crippen molar-refractivity contribution >= 4 is 5.91 Å². The average Bonchev–Trinajstić information content (AvgIpc) is 2.37. The normalized spacial score (nSPS) is 25.8. The van der Waals surface area contributed by atoms with E-state index in [2.05, 4.69) is 6.92 Å². The highest BCUT2D eigenvalue weighted by Gasteiger charge is 2.29. The van der Waals surface area contributed by atoms with Crippen molar-refractivity contribution in [3.63, 3.8) is 0 Å². The van der Waals surface area contributed by atoms with Crippen molar-refractivity contribution in [3.8, 4) is 0 Å². The van der Waals surface area contributed by atoms with E-state index in [0.29, 0.717) is 12.5 Å². The molecule has 0 aromatic rings. The van der Waals surface area contributed by atoms with Gasteiger partial charge in [0.2, 0.25) is 5.91 Å². The van der Waals surface area contributed by atoms with E-state index in [1.807, 2.05) is 11.9 Å². The Kier molecular flexibility index (Phi) is 6.65. The van der Waals surface area contributed by atoms with Crippen molar-refractivity contribution in [2.24, 2.45) is 17.6 Å². The van der Waals surface area contributed by atoms with E-state index < -0.39 is 0 Å². The van der Waals surface area contributed by atoms with Gasteiger partial charge in [0, 0.05) is 39.3 Å². The molecular weight excluding hydrogens is 228 g/mol. The zero-order valence-electron chi connectivity index (χ0n) is 12.0. The summed E-state index contributed by atoms with van der Waals surface area (Å²) in [5.41, 5.74) is 6.00. The first kappa shape index (κ1) is 15.4. The molecule has 3 atom stereocenters. The van der Waals surface area contributed by atoms with Crippen LogP contribution in [0, 0.1) is 11.8 Å². The van der Waals surface area contributed by atoms with Crippen LogP contribution in [0.1, 0.15) is 39.0 Å². The molecule has 1 amide bonds. The molecule has 4 heteroatoms. The largest absolute Gasteiger partial charge is 0.385 e. The highest BCUT2D eigenvalue weighted by molar-refractivity contribution is 5.78. The van der Waals surface area contributed by atoms with Gasteiger partial charge in [-0.3, -0.25) is 4.79 Å². The van der Waals surface area contributed by atoms with Crippen LogP contribution in [0.5, 0.6) is 0 Å². The lowest BCUT2D eigenvalue weighted by Gasteiger charge is -2.32. The molecule has 1 aliphatic rings. The summed E-state index contributed by atoms with van der Waals surface area (Å²) in [6.07, 6.45) is 5.32. The summed E-state index contributed by atoms with van der Waals surface area (Å²) in [6, 6.07) is 0.290. The fourth-order valence-corrected chi connectivity index (χ4v) is 2.83. The number of hydrogen-bond acceptors (Lipinski definition) is 3. The molecule has 1 fully saturated rings. The van der Waals surface area contributed by atoms with Crippen LogP contribution in [0.4, 0.5) is 0 Å². The summed E-state index contributed by atoms with van der Waals surface area (Å²) in [5, 5.41) is 0. The molecule has 0 spiro atoms. The third-order valence-electron chi connectivity index (χ3n) is 4.07. The van der Waals surface area contributed by atoms with E-state index in [4.69, 9.17) is 10.5 Å². The zero-order valence-corrected chi connectivity index (χ0v) is 12.0. The maximum absolute atomic E-state index is 12.3. The molecule has 4 nitrogen and oxygen atoms in total. The molecular formula is C14H28N2O2. The molecule has 0 aromatic carbocycles. The Labute approximate surface area is 111 Å². The Morgan fingerprint density at radius 1 is 1.50 bits per heavy atom. The summed E-state index contributed by atoms with van der Waals surface area (Å²) in [6.45, 7) is 3.54. The minimum absolute atomic E-state index is 0.101. The second-order valence-corrected chi connectivity index (χ2v) is 5.58. The number of nitrogens with zero attached hydrogens (tertiary/aromatic N) is 1. The lowest BCUT2D eigenvalue weighted by Crippen LogP contribution is -2.39. The summed E-state index contributed by atoms with van der Waals surface area (Å²) in [7, 11) is 3.57. The maximum Gasteiger partial charge on any atom is 0.225 e. The second kappa shape index (κ2) is 7.74. The molecule has 2 N–H and O–H groups in total. The smallest absolute Gasteiger partial charge is 0.225 e. The first-order chi connectivity index (χ1) is 8.56. The van der Waals surface area contributed by atoms with Crippen molar-refractivity contribution in [1.29, 1.82) is 0 Å². The van der Waals surface area contributed by atoms with E-state index in [-0.39, 0.29) is 17.9 Å². The topological polar surface area (TPSA) is 55.6 Å². The van der Waals surface area contributed by atoms with E-state index >= 15 is 0 Å². The van der Waals surface area contributed by atoms with Gasteiger partial charge in [0.05, 0.1) is 0 Å². The van der Waals surface area contributed by atoms with Crippen molar-refractivity contribution in [3.05, 3.63) is 0 Å². The number of hydrogen-bond donors (Lipinski definition) is 1. The number of carbonyl (C=O) groups excluding carboxylic acids is 1. The lowest BCUT2D eigenvalue weighted by atomic mass is 9.78. The van der Waals surface area contributed by atoms with Gasteiger partial charge in [-0.1, -0.05) is 13.3 Å². The number of rotatable bonds is 6. The molecule has 18 heavy (non-hydrogen) atoms. The van der Waals surface area contributed by atoms with Gasteiger partial charge in [-0.05, 0) is 31.6 Å². The molecule has 1 saturated carbocycles. The van der Waals surface area contributed by atoms with Crippen molar-refractivity contribution < 1.29 is 9.53 Å². The number of ether oxygens (including phenoxy) is 1. The monoisotopic (exact) mass is 256 g/mol. The van der Waals surface area contributed by atoms with Gasteiger partial charge in [-0.25, -0.2) is 0 Å². The fraction of sp³-hybridized carbons (Fsp3) is 0.929. The molecule has 0 aliphatic heterocycles. The van der Waals surface area contributed by atoms with Gasteiger partial charge in [-0.15, -0.1) is 0 Å². The van der Waals surface area contributed by atoms with Crippen LogP contribution in [-0.4, -0.2) is 44.2 Å². The average molecular weight is 256 g/mol. The van der Waals surface area contributed by atoms with Gasteiger partial charge in [-0.2, -0.15) is 0 Å². The Morgan fingerprint density at radius 2 is 2.22 bits per heavy atom. The second-order valence-electron chi connectivity index (χ2n) is 5.58. The lowest BCUT2D eigenvalue weighted by molar-refractivity contribution is -0.136. The first-order valence-electron chi connectivity index (χ1n) is 7.05. The van der Waals surface area contributed by atoms with Crippen LogP contribution in [0.3, 0.4) is 0 Å². The quantitative estimate of drug-likeness (QED) is 0.735. The predicted octanol–water partition coefficient (Wildman–Crippen LogP) is 1.63. The van der Waals surface area contributed by atoms with E-state index in [1.54, 1.807) is 7.11 Å². The number of carbonyl (C=O) groups is 1. The third kappa shape index (κ3) is 4.58. The van der Waals surface area contributed by atoms with Crippen LogP contribution in [0.15, 0.2) is 0 Å². The van der Waals surface area contributed by atoms with Crippen molar-refractivity contribution in [2.45, 2.75) is 45.1 Å². The van der Waals surface area contributed by atoms with E-state index in [0.717, 1.165) is 38.6 Å². The molecule has 1 aliphatic carbocycles. The highest BCUT2D eigenvalue weighted by atomic mass is 16.5. The summed E-state index contributed by atoms with van der Waals surface area (Å²) in [5.74, 6) is 0.820. The van der Waals surface area contributed by atoms with Gasteiger partial charge >= 0.3 is 0 Å². The predicted molar refractivity (Wildman–Crippen MR) is 73.2 cm³/mol. The number of amides is 1. The number of nitrogens with two attached hydrogens (primary N) is 1. The molecule has 0 radical (unpaired) electrons. The molecule has 0 bridgehead atoms. The summed E-state index contributed by atoms with van der Waals surface area (Å²) < 4.78 is 5.01. The summed E-state index contributed by atoms with van der Waals surface area (Å²) in [4.78, 5) is 14.1. The molecule has 3 unspecified atom stereocenters. The van der Waals surface area contributed by atoms with Crippen LogP contribution in [0.2, 0.25) is 0 Å². The zero-order chi connectivity index (χ0) is 13.5. The minimum Gasteiger partial charge on any atom is -0.385 e. The van der Waals surface area contributed by atoms with E-state index in [9.17, 15) is 4.79 Å². The maximum atomic E-state index is 12.3.